The summed E-state index contributed by atoms with van der Waals surface area (Å²) in [6, 6.07) is 5.07. The van der Waals surface area contributed by atoms with Gasteiger partial charge in [0, 0.05) is 53.1 Å². The average Bonchev–Trinajstić information content (AvgIpc) is 3.42. The zero-order valence-corrected chi connectivity index (χ0v) is 16.2. The Labute approximate surface area is 165 Å². The summed E-state index contributed by atoms with van der Waals surface area (Å²) in [5.41, 5.74) is 0.478. The van der Waals surface area contributed by atoms with E-state index < -0.39 is 5.67 Å². The van der Waals surface area contributed by atoms with Crippen LogP contribution in [0.4, 0.5) is 4.39 Å². The number of aromatic amines is 1. The lowest BCUT2D eigenvalue weighted by Gasteiger charge is -2.42. The van der Waals surface area contributed by atoms with Crippen molar-refractivity contribution in [2.24, 2.45) is 5.92 Å². The predicted molar refractivity (Wildman–Crippen MR) is 103 cm³/mol. The van der Waals surface area contributed by atoms with Gasteiger partial charge in [0.05, 0.1) is 11.8 Å². The number of carbonyl (C=O) groups excluding carboxylic acids is 1. The second-order valence-corrected chi connectivity index (χ2v) is 8.73. The monoisotopic (exact) mass is 397 g/mol. The van der Waals surface area contributed by atoms with Crippen LogP contribution in [0, 0.1) is 5.92 Å². The van der Waals surface area contributed by atoms with E-state index in [1.807, 2.05) is 22.5 Å². The Morgan fingerprint density at radius 3 is 3.04 bits per heavy atom. The molecule has 1 amide bonds. The van der Waals surface area contributed by atoms with Crippen molar-refractivity contribution in [2.75, 3.05) is 0 Å². The van der Waals surface area contributed by atoms with Gasteiger partial charge in [-0.1, -0.05) is 6.92 Å². The number of piperidine rings is 1. The molecule has 144 valence electrons. The summed E-state index contributed by atoms with van der Waals surface area (Å²) in [5, 5.41) is 16.5. The molecule has 5 rings (SSSR count). The highest BCUT2D eigenvalue weighted by Crippen LogP contribution is 2.50. The molecule has 6 nitrogen and oxygen atoms in total. The Kier molecular flexibility index (Phi) is 4.04. The van der Waals surface area contributed by atoms with Crippen LogP contribution in [0.15, 0.2) is 42.2 Å². The maximum atomic E-state index is 15.8. The summed E-state index contributed by atoms with van der Waals surface area (Å²) < 4.78 is 15.8. The molecule has 3 aromatic heterocycles. The van der Waals surface area contributed by atoms with Gasteiger partial charge in [-0.25, -0.2) is 4.39 Å². The molecule has 4 unspecified atom stereocenters. The summed E-state index contributed by atoms with van der Waals surface area (Å²) in [6.07, 6.45) is 6.47. The highest BCUT2D eigenvalue weighted by Gasteiger charge is 2.54. The van der Waals surface area contributed by atoms with Gasteiger partial charge in [0.1, 0.15) is 5.69 Å². The topological polar surface area (TPSA) is 74.8 Å². The van der Waals surface area contributed by atoms with Crippen LogP contribution >= 0.6 is 11.3 Å². The molecule has 4 atom stereocenters. The number of hydrogen-bond acceptors (Lipinski definition) is 5. The standard InChI is InChI=1S/C20H20FN5OS/c1-12-5-15-7-20(21,18-3-2-4-22-25-18)8-16(12)26(15)19(27)13-6-17(28-11-13)14-9-23-24-10-14/h2-4,6,9-12,15-16H,5,7-8H2,1H3,(H,23,24). The van der Waals surface area contributed by atoms with E-state index in [1.165, 1.54) is 11.3 Å². The Morgan fingerprint density at radius 1 is 1.43 bits per heavy atom. The van der Waals surface area contributed by atoms with Gasteiger partial charge in [0.2, 0.25) is 0 Å². The van der Waals surface area contributed by atoms with E-state index >= 15 is 4.39 Å². The molecule has 0 saturated carbocycles. The lowest BCUT2D eigenvalue weighted by molar-refractivity contribution is 0.00430. The summed E-state index contributed by atoms with van der Waals surface area (Å²) in [4.78, 5) is 16.2. The maximum Gasteiger partial charge on any atom is 0.255 e. The first kappa shape index (κ1) is 17.5. The number of hydrogen-bond donors (Lipinski definition) is 1. The van der Waals surface area contributed by atoms with Crippen LogP contribution in [0.5, 0.6) is 0 Å². The summed E-state index contributed by atoms with van der Waals surface area (Å²) in [5.74, 6) is 0.252. The van der Waals surface area contributed by atoms with Crippen molar-refractivity contribution in [1.29, 1.82) is 0 Å². The second kappa shape index (κ2) is 6.48. The minimum absolute atomic E-state index is 0.00783. The molecular formula is C20H20FN5OS. The van der Waals surface area contributed by atoms with E-state index in [0.29, 0.717) is 11.3 Å². The maximum absolute atomic E-state index is 15.8. The fourth-order valence-corrected chi connectivity index (χ4v) is 5.58. The van der Waals surface area contributed by atoms with Crippen LogP contribution < -0.4 is 0 Å². The number of nitrogens with zero attached hydrogens (tertiary/aromatic N) is 4. The molecule has 2 saturated heterocycles. The molecule has 0 aromatic carbocycles. The van der Waals surface area contributed by atoms with Crippen LogP contribution in [-0.2, 0) is 5.67 Å². The fraction of sp³-hybridized carbons (Fsp3) is 0.400. The third-order valence-corrected chi connectivity index (χ3v) is 7.02. The Morgan fingerprint density at radius 2 is 2.32 bits per heavy atom. The minimum Gasteiger partial charge on any atom is -0.332 e. The molecule has 2 fully saturated rings. The largest absolute Gasteiger partial charge is 0.332 e. The highest BCUT2D eigenvalue weighted by atomic mass is 32.1. The lowest BCUT2D eigenvalue weighted by atomic mass is 9.84. The van der Waals surface area contributed by atoms with Crippen molar-refractivity contribution in [3.05, 3.63) is 53.4 Å². The van der Waals surface area contributed by atoms with E-state index in [0.717, 1.165) is 16.9 Å². The lowest BCUT2D eigenvalue weighted by Crippen LogP contribution is -2.51. The molecule has 2 aliphatic rings. The quantitative estimate of drug-likeness (QED) is 0.729. The van der Waals surface area contributed by atoms with E-state index in [9.17, 15) is 4.79 Å². The third kappa shape index (κ3) is 2.74. The van der Waals surface area contributed by atoms with E-state index in [-0.39, 0.29) is 36.8 Å². The smallest absolute Gasteiger partial charge is 0.255 e. The zero-order chi connectivity index (χ0) is 19.3. The number of aromatic nitrogens is 4. The number of halogens is 1. The van der Waals surface area contributed by atoms with Gasteiger partial charge in [0.25, 0.3) is 5.91 Å². The number of rotatable bonds is 3. The van der Waals surface area contributed by atoms with Crippen LogP contribution in [0.2, 0.25) is 0 Å². The Hall–Kier alpha value is -2.61. The molecule has 0 aliphatic carbocycles. The average molecular weight is 397 g/mol. The van der Waals surface area contributed by atoms with Gasteiger partial charge in [-0.3, -0.25) is 9.89 Å². The summed E-state index contributed by atoms with van der Waals surface area (Å²) in [6.45, 7) is 2.11. The second-order valence-electron chi connectivity index (χ2n) is 7.82. The molecule has 0 spiro atoms. The third-order valence-electron chi connectivity index (χ3n) is 6.04. The normalized spacial score (nSPS) is 29.2. The number of thiophene rings is 1. The van der Waals surface area contributed by atoms with Gasteiger partial charge in [-0.05, 0) is 30.5 Å². The number of amides is 1. The first-order valence-corrected chi connectivity index (χ1v) is 10.3. The molecule has 1 N–H and O–H groups in total. The van der Waals surface area contributed by atoms with Gasteiger partial charge in [0.15, 0.2) is 5.67 Å². The molecule has 5 heterocycles. The van der Waals surface area contributed by atoms with Gasteiger partial charge in [-0.15, -0.1) is 11.3 Å². The van der Waals surface area contributed by atoms with Crippen LogP contribution in [0.1, 0.15) is 42.2 Å². The zero-order valence-electron chi connectivity index (χ0n) is 15.4. The van der Waals surface area contributed by atoms with Crippen molar-refractivity contribution in [1.82, 2.24) is 25.3 Å². The molecule has 2 bridgehead atoms. The van der Waals surface area contributed by atoms with Crippen LogP contribution in [0.25, 0.3) is 10.4 Å². The fourth-order valence-electron chi connectivity index (χ4n) is 4.71. The molecule has 0 radical (unpaired) electrons. The van der Waals surface area contributed by atoms with Gasteiger partial charge < -0.3 is 4.90 Å². The first-order valence-electron chi connectivity index (χ1n) is 9.42. The van der Waals surface area contributed by atoms with Crippen molar-refractivity contribution >= 4 is 17.2 Å². The summed E-state index contributed by atoms with van der Waals surface area (Å²) >= 11 is 1.52. The van der Waals surface area contributed by atoms with Crippen LogP contribution in [0.3, 0.4) is 0 Å². The van der Waals surface area contributed by atoms with E-state index in [4.69, 9.17) is 0 Å². The number of fused-ring (bicyclic) bond motifs is 2. The number of H-pyrrole nitrogens is 1. The molecule has 3 aromatic rings. The number of nitrogens with one attached hydrogen (secondary N) is 1. The van der Waals surface area contributed by atoms with E-state index in [2.05, 4.69) is 27.3 Å². The van der Waals surface area contributed by atoms with Crippen molar-refractivity contribution < 1.29 is 9.18 Å². The Bertz CT molecular complexity index is 991. The van der Waals surface area contributed by atoms with Crippen LogP contribution in [-0.4, -0.2) is 43.3 Å². The molecular weight excluding hydrogens is 377 g/mol. The SMILES string of the molecule is CC1CC2CC(F)(c3cccnn3)CC1N2C(=O)c1csc(-c2cn[nH]c2)c1. The highest BCUT2D eigenvalue weighted by molar-refractivity contribution is 7.13. The van der Waals surface area contributed by atoms with Crippen molar-refractivity contribution in [2.45, 2.75) is 43.9 Å². The Balaban J connectivity index is 1.42. The number of carbonyl (C=O) groups is 1. The molecule has 28 heavy (non-hydrogen) atoms. The number of alkyl halides is 1. The van der Waals surface area contributed by atoms with Gasteiger partial charge >= 0.3 is 0 Å². The molecule has 2 aliphatic heterocycles. The van der Waals surface area contributed by atoms with Crippen molar-refractivity contribution in [3.8, 4) is 10.4 Å². The molecule has 8 heteroatoms. The van der Waals surface area contributed by atoms with Crippen molar-refractivity contribution in [3.63, 3.8) is 0 Å². The minimum atomic E-state index is -1.53. The van der Waals surface area contributed by atoms with E-state index in [1.54, 1.807) is 24.5 Å². The summed E-state index contributed by atoms with van der Waals surface area (Å²) in [7, 11) is 0. The first-order chi connectivity index (χ1) is 13.5. The predicted octanol–water partition coefficient (Wildman–Crippen LogP) is 3.81. The van der Waals surface area contributed by atoms with Gasteiger partial charge in [-0.2, -0.15) is 15.3 Å².